The van der Waals surface area contributed by atoms with Gasteiger partial charge in [0.05, 0.1) is 10.6 Å². The molecule has 31 heavy (non-hydrogen) atoms. The van der Waals surface area contributed by atoms with E-state index >= 15 is 0 Å². The van der Waals surface area contributed by atoms with Crippen LogP contribution >= 0.6 is 11.6 Å². The largest absolute Gasteiger partial charge is 0.483 e. The molecule has 3 aromatic carbocycles. The molecule has 162 valence electrons. The van der Waals surface area contributed by atoms with Crippen LogP contribution in [0.3, 0.4) is 0 Å². The van der Waals surface area contributed by atoms with Crippen molar-refractivity contribution in [2.75, 3.05) is 10.9 Å². The Labute approximate surface area is 188 Å². The van der Waals surface area contributed by atoms with E-state index in [1.54, 1.807) is 19.1 Å². The Balaban J connectivity index is 2.04. The fourth-order valence-corrected chi connectivity index (χ4v) is 4.86. The summed E-state index contributed by atoms with van der Waals surface area (Å²) < 4.78 is 33.6. The van der Waals surface area contributed by atoms with E-state index in [4.69, 9.17) is 16.3 Å². The summed E-state index contributed by atoms with van der Waals surface area (Å²) in [4.78, 5) is 13.3. The van der Waals surface area contributed by atoms with E-state index in [-0.39, 0.29) is 4.90 Å². The number of nitrogens with zero attached hydrogens (tertiary/aromatic N) is 1. The van der Waals surface area contributed by atoms with Crippen LogP contribution in [0.1, 0.15) is 22.3 Å². The molecule has 0 aliphatic carbocycles. The normalized spacial score (nSPS) is 11.3. The van der Waals surface area contributed by atoms with Crippen molar-refractivity contribution >= 4 is 33.2 Å². The van der Waals surface area contributed by atoms with Crippen LogP contribution in [0, 0.1) is 27.7 Å². The Morgan fingerprint density at radius 1 is 0.903 bits per heavy atom. The number of hydrogen-bond donors (Lipinski definition) is 0. The van der Waals surface area contributed by atoms with Gasteiger partial charge in [0.1, 0.15) is 5.75 Å². The number of ether oxygens (including phenoxy) is 1. The van der Waals surface area contributed by atoms with Crippen molar-refractivity contribution in [3.63, 3.8) is 0 Å². The van der Waals surface area contributed by atoms with E-state index in [0.717, 1.165) is 21.0 Å². The summed E-state index contributed by atoms with van der Waals surface area (Å²) in [5.74, 6) is -0.119. The molecule has 1 amide bonds. The molecule has 0 spiro atoms. The standard InChI is InChI=1S/C24H24ClNO4S/c1-16-8-9-17(2)22(14-16)26(31(28,29)21-12-10-20(25)11-13-21)23(27)15-30-24-18(3)6-5-7-19(24)4/h5-14H,15H2,1-4H3. The fourth-order valence-electron chi connectivity index (χ4n) is 3.27. The van der Waals surface area contributed by atoms with Gasteiger partial charge >= 0.3 is 0 Å². The molecule has 0 aliphatic rings. The molecule has 3 aromatic rings. The third-order valence-electron chi connectivity index (χ3n) is 4.91. The topological polar surface area (TPSA) is 63.7 Å². The number of para-hydroxylation sites is 1. The van der Waals surface area contributed by atoms with Crippen LogP contribution in [0.4, 0.5) is 5.69 Å². The third kappa shape index (κ3) is 4.92. The lowest BCUT2D eigenvalue weighted by molar-refractivity contribution is -0.119. The van der Waals surface area contributed by atoms with Gasteiger partial charge in [-0.2, -0.15) is 4.31 Å². The van der Waals surface area contributed by atoms with Gasteiger partial charge in [-0.1, -0.05) is 41.9 Å². The first kappa shape index (κ1) is 22.8. The van der Waals surface area contributed by atoms with E-state index < -0.39 is 22.5 Å². The van der Waals surface area contributed by atoms with E-state index in [2.05, 4.69) is 0 Å². The van der Waals surface area contributed by atoms with Crippen molar-refractivity contribution in [1.82, 2.24) is 0 Å². The predicted molar refractivity (Wildman–Crippen MR) is 123 cm³/mol. The first-order valence-electron chi connectivity index (χ1n) is 9.71. The SMILES string of the molecule is Cc1ccc(C)c(N(C(=O)COc2c(C)cccc2C)S(=O)(=O)c2ccc(Cl)cc2)c1. The van der Waals surface area contributed by atoms with E-state index in [9.17, 15) is 13.2 Å². The zero-order chi connectivity index (χ0) is 22.8. The molecular weight excluding hydrogens is 434 g/mol. The van der Waals surface area contributed by atoms with Crippen LogP contribution in [-0.4, -0.2) is 20.9 Å². The Morgan fingerprint density at radius 2 is 1.52 bits per heavy atom. The highest BCUT2D eigenvalue weighted by molar-refractivity contribution is 7.93. The smallest absolute Gasteiger partial charge is 0.278 e. The van der Waals surface area contributed by atoms with Gasteiger partial charge in [-0.25, -0.2) is 8.42 Å². The zero-order valence-electron chi connectivity index (χ0n) is 17.8. The Morgan fingerprint density at radius 3 is 2.13 bits per heavy atom. The third-order valence-corrected chi connectivity index (χ3v) is 6.91. The first-order chi connectivity index (χ1) is 14.6. The maximum absolute atomic E-state index is 13.5. The number of carbonyl (C=O) groups is 1. The summed E-state index contributed by atoms with van der Waals surface area (Å²) in [5.41, 5.74) is 3.52. The average Bonchev–Trinajstić information content (AvgIpc) is 2.70. The number of benzene rings is 3. The molecule has 0 saturated heterocycles. The van der Waals surface area contributed by atoms with Crippen molar-refractivity contribution < 1.29 is 17.9 Å². The molecule has 0 aliphatic heterocycles. The van der Waals surface area contributed by atoms with Crippen molar-refractivity contribution in [2.45, 2.75) is 32.6 Å². The van der Waals surface area contributed by atoms with Gasteiger partial charge in [-0.15, -0.1) is 0 Å². The van der Waals surface area contributed by atoms with Gasteiger partial charge < -0.3 is 4.74 Å². The lowest BCUT2D eigenvalue weighted by Gasteiger charge is -2.25. The molecule has 0 unspecified atom stereocenters. The summed E-state index contributed by atoms with van der Waals surface area (Å²) in [6.07, 6.45) is 0. The number of rotatable bonds is 6. The summed E-state index contributed by atoms with van der Waals surface area (Å²) in [7, 11) is -4.19. The lowest BCUT2D eigenvalue weighted by Crippen LogP contribution is -2.40. The van der Waals surface area contributed by atoms with Crippen LogP contribution < -0.4 is 9.04 Å². The van der Waals surface area contributed by atoms with Crippen molar-refractivity contribution in [1.29, 1.82) is 0 Å². The van der Waals surface area contributed by atoms with Gasteiger partial charge in [0.15, 0.2) is 6.61 Å². The molecule has 0 bridgehead atoms. The second kappa shape index (κ2) is 9.12. The molecule has 0 heterocycles. The molecule has 7 heteroatoms. The second-order valence-corrected chi connectivity index (χ2v) is 9.64. The van der Waals surface area contributed by atoms with Gasteiger partial charge in [-0.3, -0.25) is 4.79 Å². The number of halogens is 1. The minimum absolute atomic E-state index is 0.0294. The molecular formula is C24H24ClNO4S. The van der Waals surface area contributed by atoms with E-state index in [1.807, 2.05) is 45.0 Å². The molecule has 5 nitrogen and oxygen atoms in total. The number of aryl methyl sites for hydroxylation is 4. The molecule has 0 aromatic heterocycles. The minimum atomic E-state index is -4.19. The maximum Gasteiger partial charge on any atom is 0.278 e. The Bertz CT molecular complexity index is 1200. The van der Waals surface area contributed by atoms with E-state index in [1.165, 1.54) is 24.3 Å². The van der Waals surface area contributed by atoms with E-state index in [0.29, 0.717) is 22.0 Å². The minimum Gasteiger partial charge on any atom is -0.483 e. The van der Waals surface area contributed by atoms with Crippen molar-refractivity contribution in [2.24, 2.45) is 0 Å². The van der Waals surface area contributed by atoms with Crippen LogP contribution in [0.2, 0.25) is 5.02 Å². The van der Waals surface area contributed by atoms with Crippen LogP contribution in [0.5, 0.6) is 5.75 Å². The van der Waals surface area contributed by atoms with Crippen LogP contribution in [0.15, 0.2) is 65.6 Å². The number of amides is 1. The maximum atomic E-state index is 13.5. The molecule has 0 atom stereocenters. The number of anilines is 1. The second-order valence-electron chi connectivity index (χ2n) is 7.42. The Kier molecular flexibility index (Phi) is 6.72. The quantitative estimate of drug-likeness (QED) is 0.498. The van der Waals surface area contributed by atoms with Gasteiger partial charge in [0.25, 0.3) is 15.9 Å². The van der Waals surface area contributed by atoms with Crippen LogP contribution in [0.25, 0.3) is 0 Å². The molecule has 0 radical (unpaired) electrons. The van der Waals surface area contributed by atoms with Gasteiger partial charge in [-0.05, 0) is 80.3 Å². The molecule has 3 rings (SSSR count). The fraction of sp³-hybridized carbons (Fsp3) is 0.208. The zero-order valence-corrected chi connectivity index (χ0v) is 19.4. The highest BCUT2D eigenvalue weighted by Gasteiger charge is 2.32. The molecule has 0 saturated carbocycles. The molecule has 0 N–H and O–H groups in total. The summed E-state index contributed by atoms with van der Waals surface area (Å²) in [5, 5.41) is 0.405. The average molecular weight is 458 g/mol. The first-order valence-corrected chi connectivity index (χ1v) is 11.5. The highest BCUT2D eigenvalue weighted by atomic mass is 35.5. The molecule has 0 fully saturated rings. The van der Waals surface area contributed by atoms with Gasteiger partial charge in [0, 0.05) is 5.02 Å². The lowest BCUT2D eigenvalue weighted by atomic mass is 10.1. The Hall–Kier alpha value is -2.83. The summed E-state index contributed by atoms with van der Waals surface area (Å²) in [6.45, 7) is 6.93. The van der Waals surface area contributed by atoms with Crippen molar-refractivity contribution in [3.8, 4) is 5.75 Å². The summed E-state index contributed by atoms with van der Waals surface area (Å²) >= 11 is 5.92. The van der Waals surface area contributed by atoms with Gasteiger partial charge in [0.2, 0.25) is 0 Å². The summed E-state index contributed by atoms with van der Waals surface area (Å²) in [6, 6.07) is 16.7. The monoisotopic (exact) mass is 457 g/mol. The van der Waals surface area contributed by atoms with Crippen LogP contribution in [-0.2, 0) is 14.8 Å². The number of hydrogen-bond acceptors (Lipinski definition) is 4. The van der Waals surface area contributed by atoms with Crippen molar-refractivity contribution in [3.05, 3.63) is 87.9 Å². The predicted octanol–water partition coefficient (Wildman–Crippen LogP) is 5.37. The number of sulfonamides is 1. The number of carbonyl (C=O) groups excluding carboxylic acids is 1. The highest BCUT2D eigenvalue weighted by Crippen LogP contribution is 2.29.